The largest absolute Gasteiger partial charge is 0.348 e. The van der Waals surface area contributed by atoms with Crippen LogP contribution in [0.5, 0.6) is 0 Å². The Morgan fingerprint density at radius 1 is 1.29 bits per heavy atom. The van der Waals surface area contributed by atoms with Crippen molar-refractivity contribution in [1.29, 1.82) is 0 Å². The molecule has 0 bridgehead atoms. The molecule has 0 fully saturated rings. The van der Waals surface area contributed by atoms with E-state index < -0.39 is 0 Å². The standard InChI is InChI=1S/C8H4Cl2N2OS/c9-4-2-1-3-5(10)6(4)7-11-8(14)13-12-7/h1-3H,(H,11,12,14). The van der Waals surface area contributed by atoms with E-state index in [0.717, 1.165) is 0 Å². The molecular weight excluding hydrogens is 243 g/mol. The van der Waals surface area contributed by atoms with E-state index in [-0.39, 0.29) is 4.84 Å². The third-order valence-electron chi connectivity index (χ3n) is 1.64. The molecule has 0 amide bonds. The average Bonchev–Trinajstić information content (AvgIpc) is 2.51. The third-order valence-corrected chi connectivity index (χ3v) is 2.44. The average molecular weight is 247 g/mol. The number of aromatic nitrogens is 2. The Labute approximate surface area is 94.6 Å². The molecule has 1 heterocycles. The molecule has 1 N–H and O–H groups in total. The van der Waals surface area contributed by atoms with Gasteiger partial charge in [0.25, 0.3) is 0 Å². The van der Waals surface area contributed by atoms with Crippen LogP contribution >= 0.6 is 35.4 Å². The maximum absolute atomic E-state index is 5.95. The molecule has 0 unspecified atom stereocenters. The van der Waals surface area contributed by atoms with Gasteiger partial charge in [0.05, 0.1) is 15.6 Å². The summed E-state index contributed by atoms with van der Waals surface area (Å²) >= 11 is 16.6. The third kappa shape index (κ3) is 1.68. The van der Waals surface area contributed by atoms with Crippen LogP contribution in [0.3, 0.4) is 0 Å². The van der Waals surface area contributed by atoms with Gasteiger partial charge in [-0.3, -0.25) is 0 Å². The van der Waals surface area contributed by atoms with Crippen LogP contribution in [0, 0.1) is 4.84 Å². The first-order valence-electron chi connectivity index (χ1n) is 3.68. The second kappa shape index (κ2) is 3.73. The van der Waals surface area contributed by atoms with Gasteiger partial charge in [-0.25, -0.2) is 5.16 Å². The van der Waals surface area contributed by atoms with E-state index in [1.54, 1.807) is 18.2 Å². The van der Waals surface area contributed by atoms with Crippen LogP contribution in [0.1, 0.15) is 0 Å². The Balaban J connectivity index is 2.67. The number of rotatable bonds is 1. The van der Waals surface area contributed by atoms with Crippen molar-refractivity contribution in [3.63, 3.8) is 0 Å². The number of aromatic amines is 1. The van der Waals surface area contributed by atoms with Crippen molar-refractivity contribution < 1.29 is 4.52 Å². The monoisotopic (exact) mass is 246 g/mol. The van der Waals surface area contributed by atoms with E-state index in [2.05, 4.69) is 10.1 Å². The Morgan fingerprint density at radius 3 is 2.43 bits per heavy atom. The van der Waals surface area contributed by atoms with Gasteiger partial charge in [0.1, 0.15) is 0 Å². The van der Waals surface area contributed by atoms with Gasteiger partial charge in [0.15, 0.2) is 5.82 Å². The summed E-state index contributed by atoms with van der Waals surface area (Å²) in [7, 11) is 0. The van der Waals surface area contributed by atoms with E-state index >= 15 is 0 Å². The zero-order valence-corrected chi connectivity index (χ0v) is 9.08. The molecule has 14 heavy (non-hydrogen) atoms. The van der Waals surface area contributed by atoms with Crippen LogP contribution in [0.4, 0.5) is 0 Å². The van der Waals surface area contributed by atoms with Crippen LogP contribution in [0.25, 0.3) is 11.4 Å². The number of benzene rings is 1. The van der Waals surface area contributed by atoms with Gasteiger partial charge in [-0.05, 0) is 24.4 Å². The molecule has 0 aliphatic carbocycles. The van der Waals surface area contributed by atoms with E-state index in [1.165, 1.54) is 0 Å². The minimum atomic E-state index is 0.121. The van der Waals surface area contributed by atoms with Crippen molar-refractivity contribution >= 4 is 35.4 Å². The lowest BCUT2D eigenvalue weighted by Crippen LogP contribution is -1.83. The van der Waals surface area contributed by atoms with E-state index in [9.17, 15) is 0 Å². The topological polar surface area (TPSA) is 41.8 Å². The molecule has 1 aromatic heterocycles. The summed E-state index contributed by atoms with van der Waals surface area (Å²) in [5.74, 6) is 0.436. The molecular formula is C8H4Cl2N2OS. The number of nitrogens with zero attached hydrogens (tertiary/aromatic N) is 1. The predicted molar refractivity (Wildman–Crippen MR) is 57.1 cm³/mol. The van der Waals surface area contributed by atoms with Crippen LogP contribution in [-0.4, -0.2) is 10.1 Å². The van der Waals surface area contributed by atoms with E-state index in [0.29, 0.717) is 21.4 Å². The lowest BCUT2D eigenvalue weighted by Gasteiger charge is -2.00. The number of hydrogen-bond donors (Lipinski definition) is 1. The number of hydrogen-bond acceptors (Lipinski definition) is 3. The Morgan fingerprint density at radius 2 is 1.93 bits per heavy atom. The molecule has 72 valence electrons. The van der Waals surface area contributed by atoms with Crippen LogP contribution in [0.15, 0.2) is 22.7 Å². The van der Waals surface area contributed by atoms with Crippen LogP contribution in [-0.2, 0) is 0 Å². The van der Waals surface area contributed by atoms with Gasteiger partial charge in [-0.15, -0.1) is 0 Å². The van der Waals surface area contributed by atoms with Gasteiger partial charge in [0.2, 0.25) is 0 Å². The molecule has 3 nitrogen and oxygen atoms in total. The van der Waals surface area contributed by atoms with Crippen molar-refractivity contribution in [1.82, 2.24) is 10.1 Å². The molecule has 2 rings (SSSR count). The van der Waals surface area contributed by atoms with Crippen LogP contribution in [0.2, 0.25) is 10.0 Å². The fourth-order valence-corrected chi connectivity index (χ4v) is 1.77. The van der Waals surface area contributed by atoms with Crippen molar-refractivity contribution in [2.24, 2.45) is 0 Å². The normalized spacial score (nSPS) is 10.4. The predicted octanol–water partition coefficient (Wildman–Crippen LogP) is 3.71. The van der Waals surface area contributed by atoms with Gasteiger partial charge < -0.3 is 4.52 Å². The van der Waals surface area contributed by atoms with Crippen molar-refractivity contribution in [3.8, 4) is 11.4 Å². The zero-order chi connectivity index (χ0) is 10.1. The van der Waals surface area contributed by atoms with Crippen LogP contribution < -0.4 is 0 Å². The fourth-order valence-electron chi connectivity index (χ4n) is 1.06. The number of halogens is 2. The Bertz CT molecular complexity index is 500. The first-order valence-corrected chi connectivity index (χ1v) is 4.85. The Hall–Kier alpha value is -0.840. The number of nitrogens with one attached hydrogen (secondary N) is 1. The molecule has 0 spiro atoms. The van der Waals surface area contributed by atoms with Crippen molar-refractivity contribution in [2.45, 2.75) is 0 Å². The highest BCUT2D eigenvalue weighted by Crippen LogP contribution is 2.32. The van der Waals surface area contributed by atoms with Crippen molar-refractivity contribution in [3.05, 3.63) is 33.1 Å². The zero-order valence-electron chi connectivity index (χ0n) is 6.75. The summed E-state index contributed by atoms with van der Waals surface area (Å²) in [5.41, 5.74) is 0.593. The number of H-pyrrole nitrogens is 1. The summed E-state index contributed by atoms with van der Waals surface area (Å²) in [6.07, 6.45) is 0. The molecule has 0 saturated carbocycles. The molecule has 1 aromatic carbocycles. The molecule has 6 heteroatoms. The molecule has 0 atom stereocenters. The van der Waals surface area contributed by atoms with Gasteiger partial charge in [0, 0.05) is 0 Å². The lowest BCUT2D eigenvalue weighted by atomic mass is 10.2. The maximum Gasteiger partial charge on any atom is 0.314 e. The summed E-state index contributed by atoms with van der Waals surface area (Å²) in [5, 5.41) is 3.54. The molecule has 2 aromatic rings. The maximum atomic E-state index is 5.95. The lowest BCUT2D eigenvalue weighted by molar-refractivity contribution is 0.406. The minimum absolute atomic E-state index is 0.121. The second-order valence-corrected chi connectivity index (χ2v) is 3.69. The highest BCUT2D eigenvalue weighted by molar-refractivity contribution is 7.71. The molecule has 0 aliphatic rings. The highest BCUT2D eigenvalue weighted by atomic mass is 35.5. The minimum Gasteiger partial charge on any atom is -0.348 e. The SMILES string of the molecule is S=c1nc(-c2c(Cl)cccc2Cl)[nH]o1. The van der Waals surface area contributed by atoms with Gasteiger partial charge >= 0.3 is 4.84 Å². The second-order valence-electron chi connectivity index (χ2n) is 2.53. The summed E-state index contributed by atoms with van der Waals surface area (Å²) in [6.45, 7) is 0. The fraction of sp³-hybridized carbons (Fsp3) is 0. The first-order chi connectivity index (χ1) is 6.68. The smallest absolute Gasteiger partial charge is 0.314 e. The van der Waals surface area contributed by atoms with Gasteiger partial charge in [-0.1, -0.05) is 29.3 Å². The van der Waals surface area contributed by atoms with Crippen molar-refractivity contribution in [2.75, 3.05) is 0 Å². The molecule has 0 saturated heterocycles. The quantitative estimate of drug-likeness (QED) is 0.781. The molecule has 0 radical (unpaired) electrons. The summed E-state index contributed by atoms with van der Waals surface area (Å²) < 4.78 is 4.79. The summed E-state index contributed by atoms with van der Waals surface area (Å²) in [4.78, 5) is 4.05. The first kappa shape index (κ1) is 9.71. The highest BCUT2D eigenvalue weighted by Gasteiger charge is 2.11. The van der Waals surface area contributed by atoms with Gasteiger partial charge in [-0.2, -0.15) is 4.98 Å². The summed E-state index contributed by atoms with van der Waals surface area (Å²) in [6, 6.07) is 5.19. The Kier molecular flexibility index (Phi) is 2.58. The molecule has 0 aliphatic heterocycles. The van der Waals surface area contributed by atoms with E-state index in [1.807, 2.05) is 0 Å². The van der Waals surface area contributed by atoms with E-state index in [4.69, 9.17) is 39.9 Å².